The summed E-state index contributed by atoms with van der Waals surface area (Å²) in [6, 6.07) is 6.00. The molecule has 0 spiro atoms. The Hall–Kier alpha value is -2.16. The fourth-order valence-corrected chi connectivity index (χ4v) is 2.47. The van der Waals surface area contributed by atoms with Crippen molar-refractivity contribution >= 4 is 6.41 Å². The van der Waals surface area contributed by atoms with E-state index in [1.165, 1.54) is 12.1 Å². The topological polar surface area (TPSA) is 20.3 Å². The van der Waals surface area contributed by atoms with Crippen molar-refractivity contribution in [2.45, 2.75) is 12.5 Å². The summed E-state index contributed by atoms with van der Waals surface area (Å²) in [7, 11) is 0. The lowest BCUT2D eigenvalue weighted by molar-refractivity contribution is -0.119. The number of benzene rings is 1. The molecule has 19 heavy (non-hydrogen) atoms. The van der Waals surface area contributed by atoms with Crippen molar-refractivity contribution < 1.29 is 9.18 Å². The molecule has 0 N–H and O–H groups in total. The highest BCUT2D eigenvalue weighted by Crippen LogP contribution is 2.35. The third-order valence-corrected chi connectivity index (χ3v) is 3.42. The van der Waals surface area contributed by atoms with E-state index in [2.05, 4.69) is 13.2 Å². The minimum Gasteiger partial charge on any atom is -0.334 e. The normalized spacial score (nSPS) is 19.2. The van der Waals surface area contributed by atoms with Crippen molar-refractivity contribution in [2.24, 2.45) is 0 Å². The molecule has 1 aromatic carbocycles. The van der Waals surface area contributed by atoms with Gasteiger partial charge in [-0.3, -0.25) is 4.79 Å². The van der Waals surface area contributed by atoms with E-state index >= 15 is 0 Å². The lowest BCUT2D eigenvalue weighted by atomic mass is 9.88. The first kappa shape index (κ1) is 13.3. The van der Waals surface area contributed by atoms with E-state index in [0.717, 1.165) is 29.5 Å². The van der Waals surface area contributed by atoms with Gasteiger partial charge in [0.2, 0.25) is 6.41 Å². The fourth-order valence-electron chi connectivity index (χ4n) is 2.47. The first-order chi connectivity index (χ1) is 9.21. The van der Waals surface area contributed by atoms with E-state index in [4.69, 9.17) is 0 Å². The highest BCUT2D eigenvalue weighted by atomic mass is 19.1. The SMILES string of the molecule is C=CC1=C(C=C)[C@H](c2ccc(F)cc2)N(C=O)CC1. The third kappa shape index (κ3) is 2.50. The van der Waals surface area contributed by atoms with Gasteiger partial charge in [0.05, 0.1) is 6.04 Å². The molecule has 1 amide bonds. The zero-order valence-electron chi connectivity index (χ0n) is 10.7. The Kier molecular flexibility index (Phi) is 3.95. The molecule has 0 fully saturated rings. The standard InChI is InChI=1S/C16H16FNO/c1-3-12-9-10-18(11-19)16(15(12)4-2)13-5-7-14(17)8-6-13/h3-8,11,16H,1-2,9-10H2/t16-/m0/s1. The van der Waals surface area contributed by atoms with Crippen molar-refractivity contribution in [3.05, 3.63) is 72.1 Å². The number of allylic oxidation sites excluding steroid dienone is 1. The van der Waals surface area contributed by atoms with Crippen molar-refractivity contribution in [1.29, 1.82) is 0 Å². The summed E-state index contributed by atoms with van der Waals surface area (Å²) < 4.78 is 13.0. The van der Waals surface area contributed by atoms with E-state index < -0.39 is 0 Å². The van der Waals surface area contributed by atoms with Crippen LogP contribution in [0.2, 0.25) is 0 Å². The van der Waals surface area contributed by atoms with Gasteiger partial charge in [0.1, 0.15) is 5.82 Å². The Morgan fingerprint density at radius 1 is 1.21 bits per heavy atom. The molecule has 98 valence electrons. The summed E-state index contributed by atoms with van der Waals surface area (Å²) in [6.07, 6.45) is 5.15. The van der Waals surface area contributed by atoms with Crippen LogP contribution in [0.1, 0.15) is 18.0 Å². The van der Waals surface area contributed by atoms with Crippen molar-refractivity contribution in [3.8, 4) is 0 Å². The number of carbonyl (C=O) groups is 1. The molecule has 3 heteroatoms. The molecule has 0 radical (unpaired) electrons. The maximum absolute atomic E-state index is 13.0. The summed E-state index contributed by atoms with van der Waals surface area (Å²) in [6.45, 7) is 8.25. The van der Waals surface area contributed by atoms with Crippen LogP contribution in [0.15, 0.2) is 60.7 Å². The van der Waals surface area contributed by atoms with Gasteiger partial charge < -0.3 is 4.90 Å². The van der Waals surface area contributed by atoms with Crippen LogP contribution in [0.25, 0.3) is 0 Å². The van der Waals surface area contributed by atoms with Crippen LogP contribution in [0.4, 0.5) is 4.39 Å². The highest BCUT2D eigenvalue weighted by molar-refractivity contribution is 5.55. The maximum atomic E-state index is 13.0. The van der Waals surface area contributed by atoms with Crippen LogP contribution in [0, 0.1) is 5.82 Å². The lowest BCUT2D eigenvalue weighted by Gasteiger charge is -2.35. The second kappa shape index (κ2) is 5.65. The van der Waals surface area contributed by atoms with Crippen LogP contribution in [0.3, 0.4) is 0 Å². The van der Waals surface area contributed by atoms with Crippen molar-refractivity contribution in [3.63, 3.8) is 0 Å². The number of nitrogens with zero attached hydrogens (tertiary/aromatic N) is 1. The van der Waals surface area contributed by atoms with Crippen molar-refractivity contribution in [2.75, 3.05) is 6.54 Å². The average Bonchev–Trinajstić information content (AvgIpc) is 2.46. The summed E-state index contributed by atoms with van der Waals surface area (Å²) in [5, 5.41) is 0. The Labute approximate surface area is 112 Å². The predicted octanol–water partition coefficient (Wildman–Crippen LogP) is 3.40. The lowest BCUT2D eigenvalue weighted by Crippen LogP contribution is -2.33. The number of halogens is 1. The summed E-state index contributed by atoms with van der Waals surface area (Å²) in [5.41, 5.74) is 2.92. The summed E-state index contributed by atoms with van der Waals surface area (Å²) >= 11 is 0. The smallest absolute Gasteiger partial charge is 0.210 e. The van der Waals surface area contributed by atoms with Crippen molar-refractivity contribution in [1.82, 2.24) is 4.90 Å². The number of rotatable bonds is 4. The first-order valence-electron chi connectivity index (χ1n) is 6.15. The Bertz CT molecular complexity index is 530. The van der Waals surface area contributed by atoms with E-state index in [-0.39, 0.29) is 11.9 Å². The molecule has 0 saturated carbocycles. The minimum atomic E-state index is -0.287. The molecule has 1 aliphatic rings. The van der Waals surface area contributed by atoms with Gasteiger partial charge in [-0.15, -0.1) is 0 Å². The Morgan fingerprint density at radius 3 is 2.42 bits per heavy atom. The van der Waals surface area contributed by atoms with Gasteiger partial charge in [0.25, 0.3) is 0 Å². The van der Waals surface area contributed by atoms with Gasteiger partial charge >= 0.3 is 0 Å². The van der Waals surface area contributed by atoms with Gasteiger partial charge in [-0.05, 0) is 35.3 Å². The van der Waals surface area contributed by atoms with Gasteiger partial charge in [-0.1, -0.05) is 37.4 Å². The molecule has 0 saturated heterocycles. The second-order valence-electron chi connectivity index (χ2n) is 4.44. The molecule has 0 aromatic heterocycles. The van der Waals surface area contributed by atoms with Gasteiger partial charge in [0, 0.05) is 6.54 Å². The van der Waals surface area contributed by atoms with Gasteiger partial charge in [-0.2, -0.15) is 0 Å². The third-order valence-electron chi connectivity index (χ3n) is 3.42. The molecule has 0 unspecified atom stereocenters. The largest absolute Gasteiger partial charge is 0.334 e. The summed E-state index contributed by atoms with van der Waals surface area (Å²) in [4.78, 5) is 12.9. The minimum absolute atomic E-state index is 0.211. The molecular formula is C16H16FNO. The molecule has 1 heterocycles. The number of amides is 1. The van der Waals surface area contributed by atoms with Crippen LogP contribution in [-0.4, -0.2) is 17.9 Å². The Balaban J connectivity index is 2.52. The van der Waals surface area contributed by atoms with E-state index in [0.29, 0.717) is 6.54 Å². The van der Waals surface area contributed by atoms with Crippen LogP contribution in [0.5, 0.6) is 0 Å². The van der Waals surface area contributed by atoms with Gasteiger partial charge in [0.15, 0.2) is 0 Å². The molecule has 1 atom stereocenters. The quantitative estimate of drug-likeness (QED) is 0.757. The number of hydrogen-bond donors (Lipinski definition) is 0. The molecule has 1 aromatic rings. The fraction of sp³-hybridized carbons (Fsp3) is 0.188. The van der Waals surface area contributed by atoms with E-state index in [9.17, 15) is 9.18 Å². The van der Waals surface area contributed by atoms with Gasteiger partial charge in [-0.25, -0.2) is 4.39 Å². The molecule has 0 bridgehead atoms. The molecule has 2 rings (SSSR count). The molecular weight excluding hydrogens is 241 g/mol. The molecule has 2 nitrogen and oxygen atoms in total. The molecule has 0 aliphatic carbocycles. The zero-order valence-corrected chi connectivity index (χ0v) is 10.7. The number of hydrogen-bond acceptors (Lipinski definition) is 1. The van der Waals surface area contributed by atoms with Crippen LogP contribution in [-0.2, 0) is 4.79 Å². The molecule has 1 aliphatic heterocycles. The van der Waals surface area contributed by atoms with Crippen LogP contribution < -0.4 is 0 Å². The summed E-state index contributed by atoms with van der Waals surface area (Å²) in [5.74, 6) is -0.287. The zero-order chi connectivity index (χ0) is 13.8. The second-order valence-corrected chi connectivity index (χ2v) is 4.44. The monoisotopic (exact) mass is 257 g/mol. The first-order valence-corrected chi connectivity index (χ1v) is 6.15. The predicted molar refractivity (Wildman–Crippen MR) is 73.9 cm³/mol. The van der Waals surface area contributed by atoms with E-state index in [1.807, 2.05) is 0 Å². The highest BCUT2D eigenvalue weighted by Gasteiger charge is 2.27. The Morgan fingerprint density at radius 2 is 1.89 bits per heavy atom. The number of carbonyl (C=O) groups excluding carboxylic acids is 1. The average molecular weight is 257 g/mol. The maximum Gasteiger partial charge on any atom is 0.210 e. The van der Waals surface area contributed by atoms with E-state index in [1.54, 1.807) is 29.2 Å². The van der Waals surface area contributed by atoms with Crippen LogP contribution >= 0.6 is 0 Å².